The Morgan fingerprint density at radius 1 is 1.07 bits per heavy atom. The van der Waals surface area contributed by atoms with Crippen molar-refractivity contribution in [2.75, 3.05) is 5.32 Å². The molecule has 1 aromatic heterocycles. The van der Waals surface area contributed by atoms with Crippen LogP contribution < -0.4 is 15.6 Å². The number of aromatic nitrogens is 2. The molecule has 0 spiro atoms. The van der Waals surface area contributed by atoms with E-state index >= 15 is 0 Å². The SMILES string of the molecule is CC(=O)Nc1ccc(S(=O)(=O)NNC(=O)Cn2cnc3ccccc32)cc1. The lowest BCUT2D eigenvalue weighted by molar-refractivity contribution is -0.122. The molecule has 2 amide bonds. The Balaban J connectivity index is 1.62. The number of nitrogens with one attached hydrogen (secondary N) is 3. The molecule has 9 nitrogen and oxygen atoms in total. The second-order valence-corrected chi connectivity index (χ2v) is 7.40. The Morgan fingerprint density at radius 3 is 2.48 bits per heavy atom. The van der Waals surface area contributed by atoms with Crippen LogP contribution in [0.4, 0.5) is 5.69 Å². The number of anilines is 1. The maximum absolute atomic E-state index is 12.3. The average Bonchev–Trinajstić information content (AvgIpc) is 3.03. The van der Waals surface area contributed by atoms with Crippen LogP contribution in [0.5, 0.6) is 0 Å². The molecule has 3 N–H and O–H groups in total. The highest BCUT2D eigenvalue weighted by Gasteiger charge is 2.15. The fourth-order valence-corrected chi connectivity index (χ4v) is 3.29. The van der Waals surface area contributed by atoms with E-state index in [4.69, 9.17) is 0 Å². The first-order chi connectivity index (χ1) is 12.8. The number of rotatable bonds is 6. The molecular weight excluding hydrogens is 370 g/mol. The van der Waals surface area contributed by atoms with Crippen molar-refractivity contribution in [3.63, 3.8) is 0 Å². The summed E-state index contributed by atoms with van der Waals surface area (Å²) in [6, 6.07) is 12.8. The number of benzene rings is 2. The molecule has 0 aliphatic rings. The van der Waals surface area contributed by atoms with Crippen LogP contribution in [0.2, 0.25) is 0 Å². The molecule has 0 radical (unpaired) electrons. The van der Waals surface area contributed by atoms with Gasteiger partial charge in [0.15, 0.2) is 0 Å². The van der Waals surface area contributed by atoms with E-state index in [9.17, 15) is 18.0 Å². The van der Waals surface area contributed by atoms with Crippen molar-refractivity contribution >= 4 is 38.6 Å². The van der Waals surface area contributed by atoms with Gasteiger partial charge in [0.1, 0.15) is 6.54 Å². The largest absolute Gasteiger partial charge is 0.326 e. The zero-order valence-corrected chi connectivity index (χ0v) is 15.2. The summed E-state index contributed by atoms with van der Waals surface area (Å²) in [6.07, 6.45) is 1.51. The highest BCUT2D eigenvalue weighted by Crippen LogP contribution is 2.14. The molecule has 27 heavy (non-hydrogen) atoms. The number of fused-ring (bicyclic) bond motifs is 1. The summed E-state index contributed by atoms with van der Waals surface area (Å²) in [6.45, 7) is 1.26. The molecule has 3 rings (SSSR count). The molecule has 140 valence electrons. The topological polar surface area (TPSA) is 122 Å². The molecule has 0 atom stereocenters. The fraction of sp³-hybridized carbons (Fsp3) is 0.118. The van der Waals surface area contributed by atoms with Crippen molar-refractivity contribution in [2.45, 2.75) is 18.4 Å². The molecule has 10 heteroatoms. The van der Waals surface area contributed by atoms with E-state index in [0.717, 1.165) is 11.0 Å². The van der Waals surface area contributed by atoms with Gasteiger partial charge in [-0.2, -0.15) is 0 Å². The number of hydrogen-bond acceptors (Lipinski definition) is 5. The molecule has 2 aromatic carbocycles. The van der Waals surface area contributed by atoms with Gasteiger partial charge in [-0.15, -0.1) is 4.83 Å². The monoisotopic (exact) mass is 387 g/mol. The summed E-state index contributed by atoms with van der Waals surface area (Å²) in [5.74, 6) is -0.806. The van der Waals surface area contributed by atoms with Gasteiger partial charge in [0.2, 0.25) is 5.91 Å². The Bertz CT molecular complexity index is 1090. The first-order valence-corrected chi connectivity index (χ1v) is 9.42. The van der Waals surface area contributed by atoms with Crippen molar-refractivity contribution in [1.29, 1.82) is 0 Å². The maximum Gasteiger partial charge on any atom is 0.257 e. The van der Waals surface area contributed by atoms with Gasteiger partial charge in [0.25, 0.3) is 15.9 Å². The lowest BCUT2D eigenvalue weighted by Crippen LogP contribution is -2.43. The second-order valence-electron chi connectivity index (χ2n) is 5.72. The minimum Gasteiger partial charge on any atom is -0.326 e. The molecule has 1 heterocycles. The van der Waals surface area contributed by atoms with Crippen LogP contribution in [0.15, 0.2) is 59.8 Å². The van der Waals surface area contributed by atoms with Gasteiger partial charge in [0.05, 0.1) is 22.3 Å². The standard InChI is InChI=1S/C17H17N5O4S/c1-12(23)19-13-6-8-14(9-7-13)27(25,26)21-20-17(24)10-22-11-18-15-4-2-3-5-16(15)22/h2-9,11,21H,10H2,1H3,(H,19,23)(H,20,24). The molecule has 0 unspecified atom stereocenters. The number of hydrazine groups is 1. The summed E-state index contributed by atoms with van der Waals surface area (Å²) < 4.78 is 26.1. The summed E-state index contributed by atoms with van der Waals surface area (Å²) in [5, 5.41) is 2.54. The van der Waals surface area contributed by atoms with Crippen LogP contribution in [-0.2, 0) is 26.2 Å². The van der Waals surface area contributed by atoms with Crippen LogP contribution in [0.1, 0.15) is 6.92 Å². The summed E-state index contributed by atoms with van der Waals surface area (Å²) >= 11 is 0. The Kier molecular flexibility index (Phi) is 5.19. The van der Waals surface area contributed by atoms with Gasteiger partial charge < -0.3 is 9.88 Å². The van der Waals surface area contributed by atoms with Crippen LogP contribution in [0.25, 0.3) is 11.0 Å². The zero-order chi connectivity index (χ0) is 19.4. The van der Waals surface area contributed by atoms with Crippen molar-refractivity contribution in [3.05, 3.63) is 54.9 Å². The van der Waals surface area contributed by atoms with Gasteiger partial charge in [-0.25, -0.2) is 13.4 Å². The molecule has 0 aliphatic heterocycles. The number of imidazole rings is 1. The quantitative estimate of drug-likeness (QED) is 0.545. The third-order valence-corrected chi connectivity index (χ3v) is 4.91. The van der Waals surface area contributed by atoms with E-state index in [-0.39, 0.29) is 17.3 Å². The van der Waals surface area contributed by atoms with Crippen LogP contribution in [0.3, 0.4) is 0 Å². The molecule has 0 saturated carbocycles. The highest BCUT2D eigenvalue weighted by atomic mass is 32.2. The fourth-order valence-electron chi connectivity index (χ4n) is 2.43. The van der Waals surface area contributed by atoms with E-state index in [1.807, 2.05) is 29.1 Å². The van der Waals surface area contributed by atoms with E-state index in [2.05, 4.69) is 15.7 Å². The molecule has 0 aliphatic carbocycles. The lowest BCUT2D eigenvalue weighted by Gasteiger charge is -2.10. The van der Waals surface area contributed by atoms with Crippen molar-refractivity contribution in [1.82, 2.24) is 19.8 Å². The van der Waals surface area contributed by atoms with Crippen molar-refractivity contribution < 1.29 is 18.0 Å². The van der Waals surface area contributed by atoms with Crippen LogP contribution >= 0.6 is 0 Å². The van der Waals surface area contributed by atoms with E-state index in [1.165, 1.54) is 37.5 Å². The molecular formula is C17H17N5O4S. The number of amides is 2. The smallest absolute Gasteiger partial charge is 0.257 e. The maximum atomic E-state index is 12.3. The summed E-state index contributed by atoms with van der Waals surface area (Å²) in [4.78, 5) is 29.2. The van der Waals surface area contributed by atoms with E-state index in [1.54, 1.807) is 4.57 Å². The first-order valence-electron chi connectivity index (χ1n) is 7.93. The van der Waals surface area contributed by atoms with E-state index < -0.39 is 15.9 Å². The summed E-state index contributed by atoms with van der Waals surface area (Å²) in [5.41, 5.74) is 4.15. The minimum atomic E-state index is -3.94. The van der Waals surface area contributed by atoms with Gasteiger partial charge in [-0.1, -0.05) is 12.1 Å². The highest BCUT2D eigenvalue weighted by molar-refractivity contribution is 7.89. The van der Waals surface area contributed by atoms with Gasteiger partial charge >= 0.3 is 0 Å². The Hall–Kier alpha value is -3.24. The second kappa shape index (κ2) is 7.56. The minimum absolute atomic E-state index is 0.0509. The number of carbonyl (C=O) groups excluding carboxylic acids is 2. The number of hydrogen-bond donors (Lipinski definition) is 3. The van der Waals surface area contributed by atoms with Gasteiger partial charge in [0, 0.05) is 12.6 Å². The number of nitrogens with zero attached hydrogens (tertiary/aromatic N) is 2. The molecule has 0 saturated heterocycles. The predicted octanol–water partition coefficient (Wildman–Crippen LogP) is 1.00. The number of sulfonamides is 1. The first kappa shape index (κ1) is 18.5. The normalized spacial score (nSPS) is 11.3. The zero-order valence-electron chi connectivity index (χ0n) is 14.3. The average molecular weight is 387 g/mol. The number of para-hydroxylation sites is 2. The lowest BCUT2D eigenvalue weighted by atomic mass is 10.3. The molecule has 3 aromatic rings. The van der Waals surface area contributed by atoms with Crippen LogP contribution in [-0.4, -0.2) is 29.8 Å². The Labute approximate surface area is 155 Å². The third kappa shape index (κ3) is 4.49. The molecule has 0 fully saturated rings. The third-order valence-electron chi connectivity index (χ3n) is 3.65. The van der Waals surface area contributed by atoms with E-state index in [0.29, 0.717) is 5.69 Å². The number of carbonyl (C=O) groups is 2. The predicted molar refractivity (Wildman–Crippen MR) is 98.9 cm³/mol. The van der Waals surface area contributed by atoms with Crippen molar-refractivity contribution in [2.24, 2.45) is 0 Å². The van der Waals surface area contributed by atoms with Crippen molar-refractivity contribution in [3.8, 4) is 0 Å². The van der Waals surface area contributed by atoms with Gasteiger partial charge in [-0.05, 0) is 36.4 Å². The van der Waals surface area contributed by atoms with Gasteiger partial charge in [-0.3, -0.25) is 15.0 Å². The molecule has 0 bridgehead atoms. The van der Waals surface area contributed by atoms with Crippen LogP contribution in [0, 0.1) is 0 Å². The summed E-state index contributed by atoms with van der Waals surface area (Å²) in [7, 11) is -3.94. The Morgan fingerprint density at radius 2 is 1.78 bits per heavy atom.